The minimum atomic E-state index is 0.0741. The lowest BCUT2D eigenvalue weighted by Crippen LogP contribution is -2.50. The number of carbonyl (C=O) groups is 1. The Balaban J connectivity index is 1.56. The molecule has 1 spiro atoms. The Morgan fingerprint density at radius 1 is 1.19 bits per heavy atom. The fraction of sp³-hybridized carbons (Fsp3) is 0.579. The molecule has 0 atom stereocenters. The fourth-order valence-electron chi connectivity index (χ4n) is 4.34. The van der Waals surface area contributed by atoms with Crippen LogP contribution in [0, 0.1) is 5.41 Å². The summed E-state index contributed by atoms with van der Waals surface area (Å²) in [6.07, 6.45) is 6.15. The van der Waals surface area contributed by atoms with Crippen molar-refractivity contribution in [3.63, 3.8) is 0 Å². The van der Waals surface area contributed by atoms with E-state index in [1.807, 2.05) is 17.0 Å². The van der Waals surface area contributed by atoms with E-state index in [9.17, 15) is 4.79 Å². The summed E-state index contributed by atoms with van der Waals surface area (Å²) in [5, 5.41) is 11.3. The molecular weight excluding hydrogens is 344 g/mol. The van der Waals surface area contributed by atoms with Gasteiger partial charge in [0.15, 0.2) is 0 Å². The van der Waals surface area contributed by atoms with E-state index in [1.54, 1.807) is 13.2 Å². The zero-order valence-corrected chi connectivity index (χ0v) is 16.0. The molecule has 2 aromatic rings. The Hall–Kier alpha value is -2.48. The van der Waals surface area contributed by atoms with Crippen LogP contribution in [0.2, 0.25) is 0 Å². The highest BCUT2D eigenvalue weighted by atomic mass is 16.5. The third kappa shape index (κ3) is 3.53. The number of aromatic nitrogens is 4. The maximum absolute atomic E-state index is 13.2. The molecule has 0 N–H and O–H groups in total. The summed E-state index contributed by atoms with van der Waals surface area (Å²) in [6, 6.07) is 5.44. The van der Waals surface area contributed by atoms with Gasteiger partial charge in [0.25, 0.3) is 5.91 Å². The number of hydrogen-bond donors (Lipinski definition) is 0. The summed E-state index contributed by atoms with van der Waals surface area (Å²) in [7, 11) is 3.77. The van der Waals surface area contributed by atoms with Crippen molar-refractivity contribution < 1.29 is 9.53 Å². The van der Waals surface area contributed by atoms with Gasteiger partial charge < -0.3 is 14.5 Å². The Morgan fingerprint density at radius 3 is 2.70 bits per heavy atom. The van der Waals surface area contributed by atoms with Crippen LogP contribution in [-0.2, 0) is 0 Å². The molecule has 0 aliphatic carbocycles. The highest BCUT2D eigenvalue weighted by Gasteiger charge is 2.39. The number of amides is 1. The molecule has 0 saturated carbocycles. The Bertz CT molecular complexity index is 799. The van der Waals surface area contributed by atoms with Gasteiger partial charge in [-0.2, -0.15) is 4.68 Å². The lowest BCUT2D eigenvalue weighted by molar-refractivity contribution is 0.0261. The van der Waals surface area contributed by atoms with Gasteiger partial charge in [-0.25, -0.2) is 0 Å². The van der Waals surface area contributed by atoms with Crippen molar-refractivity contribution in [1.82, 2.24) is 30.0 Å². The molecule has 144 valence electrons. The van der Waals surface area contributed by atoms with Gasteiger partial charge in [0.1, 0.15) is 17.8 Å². The Labute approximate surface area is 159 Å². The number of carbonyl (C=O) groups excluding carboxylic acids is 1. The molecule has 8 nitrogen and oxygen atoms in total. The van der Waals surface area contributed by atoms with Gasteiger partial charge in [0.05, 0.1) is 7.11 Å². The predicted molar refractivity (Wildman–Crippen MR) is 100 cm³/mol. The van der Waals surface area contributed by atoms with E-state index in [-0.39, 0.29) is 11.3 Å². The maximum Gasteiger partial charge on any atom is 0.253 e. The Kier molecular flexibility index (Phi) is 4.82. The molecule has 0 unspecified atom stereocenters. The summed E-state index contributed by atoms with van der Waals surface area (Å²) in [5.74, 6) is 0.703. The van der Waals surface area contributed by atoms with Crippen LogP contribution in [-0.4, -0.2) is 76.3 Å². The number of hydrogen-bond acceptors (Lipinski definition) is 6. The number of benzene rings is 1. The van der Waals surface area contributed by atoms with E-state index in [0.29, 0.717) is 17.0 Å². The van der Waals surface area contributed by atoms with Crippen molar-refractivity contribution in [2.24, 2.45) is 5.41 Å². The summed E-state index contributed by atoms with van der Waals surface area (Å²) < 4.78 is 6.92. The molecule has 1 aromatic heterocycles. The lowest BCUT2D eigenvalue weighted by Gasteiger charge is -2.47. The van der Waals surface area contributed by atoms with Crippen molar-refractivity contribution in [3.8, 4) is 11.4 Å². The zero-order chi connectivity index (χ0) is 18.9. The molecule has 27 heavy (non-hydrogen) atoms. The SMILES string of the molecule is COc1ccc(C(=O)N2CCCC3(CCN(C)CC3)C2)cc1-n1cnnn1. The van der Waals surface area contributed by atoms with E-state index in [1.165, 1.54) is 30.3 Å². The van der Waals surface area contributed by atoms with Crippen LogP contribution in [0.3, 0.4) is 0 Å². The normalized spacial score (nSPS) is 20.0. The van der Waals surface area contributed by atoms with E-state index >= 15 is 0 Å². The molecule has 2 saturated heterocycles. The Morgan fingerprint density at radius 2 is 2.00 bits per heavy atom. The van der Waals surface area contributed by atoms with Gasteiger partial charge in [-0.05, 0) is 79.9 Å². The van der Waals surface area contributed by atoms with Gasteiger partial charge >= 0.3 is 0 Å². The average molecular weight is 370 g/mol. The second kappa shape index (κ2) is 7.26. The standard InChI is InChI=1S/C19H26N6O2/c1-23-10-7-19(8-11-23)6-3-9-24(13-19)18(26)15-4-5-17(27-2)16(12-15)25-14-20-21-22-25/h4-5,12,14H,3,6-11,13H2,1-2H3. The van der Waals surface area contributed by atoms with Crippen LogP contribution < -0.4 is 4.74 Å². The monoisotopic (exact) mass is 370 g/mol. The van der Waals surface area contributed by atoms with Crippen molar-refractivity contribution in [1.29, 1.82) is 0 Å². The molecule has 2 aliphatic rings. The second-order valence-corrected chi connectivity index (χ2v) is 7.77. The second-order valence-electron chi connectivity index (χ2n) is 7.77. The van der Waals surface area contributed by atoms with Gasteiger partial charge in [-0.1, -0.05) is 0 Å². The molecule has 1 amide bonds. The van der Waals surface area contributed by atoms with Gasteiger partial charge in [0.2, 0.25) is 0 Å². The van der Waals surface area contributed by atoms with E-state index < -0.39 is 0 Å². The number of tetrazole rings is 1. The first-order valence-electron chi connectivity index (χ1n) is 9.49. The first kappa shape index (κ1) is 17.9. The summed E-state index contributed by atoms with van der Waals surface area (Å²) >= 11 is 0. The summed E-state index contributed by atoms with van der Waals surface area (Å²) in [5.41, 5.74) is 1.59. The van der Waals surface area contributed by atoms with Crippen LogP contribution in [0.5, 0.6) is 5.75 Å². The molecule has 0 bridgehead atoms. The number of nitrogens with zero attached hydrogens (tertiary/aromatic N) is 6. The minimum absolute atomic E-state index is 0.0741. The summed E-state index contributed by atoms with van der Waals surface area (Å²) in [4.78, 5) is 17.6. The quantitative estimate of drug-likeness (QED) is 0.817. The topological polar surface area (TPSA) is 76.4 Å². The van der Waals surface area contributed by atoms with Crippen LogP contribution >= 0.6 is 0 Å². The van der Waals surface area contributed by atoms with Crippen molar-refractivity contribution >= 4 is 5.91 Å². The molecule has 2 fully saturated rings. The third-order valence-electron chi connectivity index (χ3n) is 6.02. The molecule has 8 heteroatoms. The van der Waals surface area contributed by atoms with Crippen LogP contribution in [0.25, 0.3) is 5.69 Å². The van der Waals surface area contributed by atoms with Crippen LogP contribution in [0.1, 0.15) is 36.0 Å². The molecule has 0 radical (unpaired) electrons. The van der Waals surface area contributed by atoms with Crippen molar-refractivity contribution in [2.45, 2.75) is 25.7 Å². The van der Waals surface area contributed by atoms with Gasteiger partial charge in [-0.15, -0.1) is 5.10 Å². The first-order chi connectivity index (χ1) is 13.1. The largest absolute Gasteiger partial charge is 0.494 e. The minimum Gasteiger partial charge on any atom is -0.494 e. The highest BCUT2D eigenvalue weighted by molar-refractivity contribution is 5.95. The van der Waals surface area contributed by atoms with Crippen LogP contribution in [0.4, 0.5) is 0 Å². The summed E-state index contributed by atoms with van der Waals surface area (Å²) in [6.45, 7) is 3.91. The number of likely N-dealkylation sites (tertiary alicyclic amines) is 2. The molecule has 4 rings (SSSR count). The van der Waals surface area contributed by atoms with Crippen LogP contribution in [0.15, 0.2) is 24.5 Å². The molecule has 3 heterocycles. The van der Waals surface area contributed by atoms with E-state index in [2.05, 4.69) is 27.5 Å². The predicted octanol–water partition coefficient (Wildman–Crippen LogP) is 1.62. The molecule has 2 aliphatic heterocycles. The number of methoxy groups -OCH3 is 1. The lowest BCUT2D eigenvalue weighted by atomic mass is 9.72. The smallest absolute Gasteiger partial charge is 0.253 e. The maximum atomic E-state index is 13.2. The fourth-order valence-corrected chi connectivity index (χ4v) is 4.34. The van der Waals surface area contributed by atoms with Crippen molar-refractivity contribution in [2.75, 3.05) is 40.3 Å². The zero-order valence-electron chi connectivity index (χ0n) is 16.0. The van der Waals surface area contributed by atoms with Gasteiger partial charge in [-0.3, -0.25) is 4.79 Å². The number of rotatable bonds is 3. The van der Waals surface area contributed by atoms with Crippen molar-refractivity contribution in [3.05, 3.63) is 30.1 Å². The number of piperidine rings is 2. The molecular formula is C19H26N6O2. The number of ether oxygens (including phenoxy) is 1. The van der Waals surface area contributed by atoms with E-state index in [4.69, 9.17) is 4.74 Å². The average Bonchev–Trinajstić information content (AvgIpc) is 3.24. The van der Waals surface area contributed by atoms with E-state index in [0.717, 1.165) is 32.6 Å². The molecule has 1 aromatic carbocycles. The third-order valence-corrected chi connectivity index (χ3v) is 6.02. The van der Waals surface area contributed by atoms with Gasteiger partial charge in [0, 0.05) is 18.7 Å². The highest BCUT2D eigenvalue weighted by Crippen LogP contribution is 2.40. The first-order valence-corrected chi connectivity index (χ1v) is 9.49.